The Morgan fingerprint density at radius 1 is 1.06 bits per heavy atom. The first kappa shape index (κ1) is 24.2. The maximum absolute atomic E-state index is 12.9. The molecule has 0 aromatic carbocycles. The van der Waals surface area contributed by atoms with Crippen LogP contribution in [0.25, 0.3) is 0 Å². The molecule has 11 heteroatoms. The number of alkyl halides is 3. The molecule has 0 spiro atoms. The lowest BCUT2D eigenvalue weighted by atomic mass is 10.1. The van der Waals surface area contributed by atoms with Crippen LogP contribution >= 0.6 is 0 Å². The maximum Gasteiger partial charge on any atom is 0.434 e. The topological polar surface area (TPSA) is 74.7 Å². The van der Waals surface area contributed by atoms with Crippen molar-refractivity contribution in [2.75, 3.05) is 31.1 Å². The third kappa shape index (κ3) is 5.75. The monoisotopic (exact) mass is 478 g/mol. The predicted octanol–water partition coefficient (Wildman–Crippen LogP) is 3.59. The molecule has 2 aromatic rings. The SMILES string of the molecule is C[C@@H]1CN(c2cnc(C(F)(F)F)cn2)[C@@H](C)CN1C(=O)OC1CCN(Cc2ccncc2)CC1. The summed E-state index contributed by atoms with van der Waals surface area (Å²) in [6, 6.07) is 3.69. The lowest BCUT2D eigenvalue weighted by Gasteiger charge is -2.44. The van der Waals surface area contributed by atoms with E-state index < -0.39 is 11.9 Å². The van der Waals surface area contributed by atoms with E-state index in [1.165, 1.54) is 5.56 Å². The van der Waals surface area contributed by atoms with Gasteiger partial charge in [-0.15, -0.1) is 0 Å². The van der Waals surface area contributed by atoms with Crippen LogP contribution in [-0.2, 0) is 17.5 Å². The molecule has 2 fully saturated rings. The van der Waals surface area contributed by atoms with Gasteiger partial charge in [-0.1, -0.05) is 0 Å². The average Bonchev–Trinajstić information content (AvgIpc) is 2.82. The Kier molecular flexibility index (Phi) is 7.20. The number of hydrogen-bond acceptors (Lipinski definition) is 7. The van der Waals surface area contributed by atoms with Gasteiger partial charge in [-0.05, 0) is 44.4 Å². The molecule has 2 aromatic heterocycles. The van der Waals surface area contributed by atoms with Gasteiger partial charge in [0.2, 0.25) is 0 Å². The number of anilines is 1. The maximum atomic E-state index is 12.9. The van der Waals surface area contributed by atoms with E-state index in [1.807, 2.05) is 30.9 Å². The molecule has 0 radical (unpaired) electrons. The van der Waals surface area contributed by atoms with E-state index in [4.69, 9.17) is 4.74 Å². The summed E-state index contributed by atoms with van der Waals surface area (Å²) < 4.78 is 44.1. The number of nitrogens with zero attached hydrogens (tertiary/aromatic N) is 6. The molecule has 34 heavy (non-hydrogen) atoms. The third-order valence-corrected chi connectivity index (χ3v) is 6.40. The van der Waals surface area contributed by atoms with Crippen molar-refractivity contribution in [1.82, 2.24) is 24.8 Å². The molecule has 0 bridgehead atoms. The molecule has 2 aliphatic heterocycles. The molecular weight excluding hydrogens is 449 g/mol. The number of amides is 1. The highest BCUT2D eigenvalue weighted by molar-refractivity contribution is 5.69. The number of likely N-dealkylation sites (tertiary alicyclic amines) is 1. The van der Waals surface area contributed by atoms with Crippen molar-refractivity contribution >= 4 is 11.9 Å². The van der Waals surface area contributed by atoms with Gasteiger partial charge in [-0.3, -0.25) is 9.88 Å². The summed E-state index contributed by atoms with van der Waals surface area (Å²) >= 11 is 0. The summed E-state index contributed by atoms with van der Waals surface area (Å²) in [5, 5.41) is 0. The van der Waals surface area contributed by atoms with Gasteiger partial charge < -0.3 is 14.5 Å². The van der Waals surface area contributed by atoms with Gasteiger partial charge in [0.1, 0.15) is 11.9 Å². The minimum Gasteiger partial charge on any atom is -0.446 e. The zero-order valence-corrected chi connectivity index (χ0v) is 19.3. The van der Waals surface area contributed by atoms with Crippen LogP contribution in [0.4, 0.5) is 23.8 Å². The second-order valence-corrected chi connectivity index (χ2v) is 8.98. The van der Waals surface area contributed by atoms with Crippen LogP contribution in [0.3, 0.4) is 0 Å². The molecule has 184 valence electrons. The zero-order chi connectivity index (χ0) is 24.3. The molecular formula is C23H29F3N6O2. The number of carbonyl (C=O) groups excluding carboxylic acids is 1. The van der Waals surface area contributed by atoms with Gasteiger partial charge in [-0.25, -0.2) is 14.8 Å². The van der Waals surface area contributed by atoms with Crippen LogP contribution < -0.4 is 4.90 Å². The van der Waals surface area contributed by atoms with Gasteiger partial charge in [0.15, 0.2) is 5.69 Å². The Morgan fingerprint density at radius 3 is 2.38 bits per heavy atom. The van der Waals surface area contributed by atoms with Crippen molar-refractivity contribution in [3.8, 4) is 0 Å². The van der Waals surface area contributed by atoms with Gasteiger partial charge >= 0.3 is 12.3 Å². The fourth-order valence-corrected chi connectivity index (χ4v) is 4.46. The van der Waals surface area contributed by atoms with Crippen molar-refractivity contribution in [2.45, 2.75) is 57.6 Å². The molecule has 2 aliphatic rings. The molecule has 0 N–H and O–H groups in total. The predicted molar refractivity (Wildman–Crippen MR) is 119 cm³/mol. The number of aromatic nitrogens is 3. The fourth-order valence-electron chi connectivity index (χ4n) is 4.46. The Labute approximate surface area is 196 Å². The van der Waals surface area contributed by atoms with Crippen molar-refractivity contribution in [1.29, 1.82) is 0 Å². The van der Waals surface area contributed by atoms with Crippen LogP contribution in [-0.4, -0.2) is 75.2 Å². The van der Waals surface area contributed by atoms with E-state index in [0.717, 1.165) is 44.9 Å². The number of carbonyl (C=O) groups is 1. The second kappa shape index (κ2) is 10.1. The van der Waals surface area contributed by atoms with Crippen molar-refractivity contribution in [3.63, 3.8) is 0 Å². The first-order valence-electron chi connectivity index (χ1n) is 11.4. The molecule has 2 atom stereocenters. The van der Waals surface area contributed by atoms with Crippen molar-refractivity contribution < 1.29 is 22.7 Å². The number of pyridine rings is 1. The molecule has 1 amide bonds. The first-order valence-corrected chi connectivity index (χ1v) is 11.4. The van der Waals surface area contributed by atoms with Gasteiger partial charge in [0.25, 0.3) is 0 Å². The van der Waals surface area contributed by atoms with Crippen LogP contribution in [0, 0.1) is 0 Å². The van der Waals surface area contributed by atoms with Crippen LogP contribution in [0.1, 0.15) is 37.9 Å². The van der Waals surface area contributed by atoms with Gasteiger partial charge in [0, 0.05) is 57.2 Å². The van der Waals surface area contributed by atoms with Gasteiger partial charge in [-0.2, -0.15) is 13.2 Å². The Morgan fingerprint density at radius 2 is 1.76 bits per heavy atom. The molecule has 2 saturated heterocycles. The summed E-state index contributed by atoms with van der Waals surface area (Å²) in [5.74, 6) is 0.363. The van der Waals surface area contributed by atoms with Crippen molar-refractivity contribution in [2.24, 2.45) is 0 Å². The average molecular weight is 479 g/mol. The quantitative estimate of drug-likeness (QED) is 0.665. The largest absolute Gasteiger partial charge is 0.446 e. The summed E-state index contributed by atoms with van der Waals surface area (Å²) in [7, 11) is 0. The molecule has 0 saturated carbocycles. The van der Waals surface area contributed by atoms with E-state index >= 15 is 0 Å². The van der Waals surface area contributed by atoms with E-state index in [-0.39, 0.29) is 24.3 Å². The third-order valence-electron chi connectivity index (χ3n) is 6.40. The number of piperidine rings is 1. The highest BCUT2D eigenvalue weighted by Gasteiger charge is 2.36. The summed E-state index contributed by atoms with van der Waals surface area (Å²) in [6.07, 6.45) is 2.03. The zero-order valence-electron chi connectivity index (χ0n) is 19.3. The minimum absolute atomic E-state index is 0.123. The van der Waals surface area contributed by atoms with Gasteiger partial charge in [0.05, 0.1) is 12.4 Å². The highest BCUT2D eigenvalue weighted by Crippen LogP contribution is 2.29. The standard InChI is InChI=1S/C23H29F3N6O2/c1-16-14-32(17(2)13-31(16)21-12-28-20(11-29-21)23(24,25)26)22(33)34-19-5-9-30(10-6-19)15-18-3-7-27-8-4-18/h3-4,7-8,11-12,16-17,19H,5-6,9-10,13-15H2,1-2H3/t16-,17+/m0/s1. The number of ether oxygens (including phenoxy) is 1. The molecule has 0 aliphatic carbocycles. The van der Waals surface area contributed by atoms with Crippen molar-refractivity contribution in [3.05, 3.63) is 48.2 Å². The minimum atomic E-state index is -4.53. The number of piperazine rings is 1. The second-order valence-electron chi connectivity index (χ2n) is 8.98. The summed E-state index contributed by atoms with van der Waals surface area (Å²) in [4.78, 5) is 30.3. The smallest absolute Gasteiger partial charge is 0.434 e. The molecule has 8 nitrogen and oxygen atoms in total. The van der Waals surface area contributed by atoms with E-state index in [9.17, 15) is 18.0 Å². The van der Waals surface area contributed by atoms with Crippen LogP contribution in [0.2, 0.25) is 0 Å². The van der Waals surface area contributed by atoms with E-state index in [1.54, 1.807) is 17.3 Å². The Hall–Kier alpha value is -2.95. The normalized spacial score (nSPS) is 22.6. The fraction of sp³-hybridized carbons (Fsp3) is 0.565. The molecule has 4 heterocycles. The first-order chi connectivity index (χ1) is 16.2. The number of hydrogen-bond donors (Lipinski definition) is 0. The highest BCUT2D eigenvalue weighted by atomic mass is 19.4. The van der Waals surface area contributed by atoms with E-state index in [2.05, 4.69) is 19.9 Å². The van der Waals surface area contributed by atoms with Crippen LogP contribution in [0.5, 0.6) is 0 Å². The van der Waals surface area contributed by atoms with Crippen LogP contribution in [0.15, 0.2) is 36.9 Å². The Bertz CT molecular complexity index is 951. The summed E-state index contributed by atoms with van der Waals surface area (Å²) in [6.45, 7) is 7.19. The Balaban J connectivity index is 1.28. The lowest BCUT2D eigenvalue weighted by molar-refractivity contribution is -0.141. The number of rotatable bonds is 4. The number of halogens is 3. The molecule has 0 unspecified atom stereocenters. The molecule has 4 rings (SSSR count). The summed E-state index contributed by atoms with van der Waals surface area (Å²) in [5.41, 5.74) is 0.190. The van der Waals surface area contributed by atoms with E-state index in [0.29, 0.717) is 18.9 Å². The lowest BCUT2D eigenvalue weighted by Crippen LogP contribution is -2.59.